The van der Waals surface area contributed by atoms with Gasteiger partial charge in [0.05, 0.1) is 17.1 Å². The average molecular weight is 399 g/mol. The number of hydrogen-bond donors (Lipinski definition) is 0. The lowest BCUT2D eigenvalue weighted by molar-refractivity contribution is 0.171. The van der Waals surface area contributed by atoms with Crippen LogP contribution >= 0.6 is 0 Å². The molecule has 0 radical (unpaired) electrons. The first-order valence-corrected chi connectivity index (χ1v) is 10.2. The minimum absolute atomic E-state index is 0.00144. The van der Waals surface area contributed by atoms with E-state index in [2.05, 4.69) is 0 Å². The summed E-state index contributed by atoms with van der Waals surface area (Å²) in [5.74, 6) is 0.241. The van der Waals surface area contributed by atoms with Gasteiger partial charge in [0.1, 0.15) is 19.0 Å². The van der Waals surface area contributed by atoms with E-state index in [1.54, 1.807) is 24.3 Å². The van der Waals surface area contributed by atoms with Crippen LogP contribution in [0.5, 0.6) is 11.5 Å². The van der Waals surface area contributed by atoms with Crippen LogP contribution in [0.4, 0.5) is 10.1 Å². The molecule has 28 heavy (non-hydrogen) atoms. The van der Waals surface area contributed by atoms with Gasteiger partial charge in [-0.05, 0) is 29.8 Å². The van der Waals surface area contributed by atoms with Crippen molar-refractivity contribution in [3.05, 3.63) is 84.2 Å². The average Bonchev–Trinajstić information content (AvgIpc) is 2.73. The Hall–Kier alpha value is -3.06. The zero-order valence-electron chi connectivity index (χ0n) is 14.9. The molecule has 0 amide bonds. The molecule has 0 spiro atoms. The lowest BCUT2D eigenvalue weighted by atomic mass is 10.2. The molecule has 1 aliphatic heterocycles. The minimum atomic E-state index is -4.05. The van der Waals surface area contributed by atoms with E-state index in [4.69, 9.17) is 9.47 Å². The van der Waals surface area contributed by atoms with E-state index in [-0.39, 0.29) is 17.1 Å². The van der Waals surface area contributed by atoms with Gasteiger partial charge in [-0.25, -0.2) is 12.8 Å². The monoisotopic (exact) mass is 399 g/mol. The summed E-state index contributed by atoms with van der Waals surface area (Å²) in [4.78, 5) is 0.0101. The zero-order valence-corrected chi connectivity index (χ0v) is 15.7. The molecular weight excluding hydrogens is 381 g/mol. The Morgan fingerprint density at radius 3 is 2.29 bits per heavy atom. The highest BCUT2D eigenvalue weighted by Crippen LogP contribution is 2.35. The Morgan fingerprint density at radius 1 is 0.857 bits per heavy atom. The van der Waals surface area contributed by atoms with Crippen LogP contribution in [0.3, 0.4) is 0 Å². The van der Waals surface area contributed by atoms with Crippen molar-refractivity contribution >= 4 is 15.7 Å². The molecule has 0 N–H and O–H groups in total. The van der Waals surface area contributed by atoms with Gasteiger partial charge in [0.15, 0.2) is 11.5 Å². The van der Waals surface area contributed by atoms with Crippen molar-refractivity contribution < 1.29 is 22.3 Å². The van der Waals surface area contributed by atoms with Gasteiger partial charge >= 0.3 is 0 Å². The van der Waals surface area contributed by atoms with Crippen LogP contribution in [-0.4, -0.2) is 21.6 Å². The minimum Gasteiger partial charge on any atom is -0.486 e. The van der Waals surface area contributed by atoms with Crippen LogP contribution in [0.25, 0.3) is 0 Å². The van der Waals surface area contributed by atoms with E-state index in [0.717, 1.165) is 9.87 Å². The maximum Gasteiger partial charge on any atom is 0.264 e. The molecule has 5 nitrogen and oxygen atoms in total. The van der Waals surface area contributed by atoms with Gasteiger partial charge in [-0.15, -0.1) is 0 Å². The molecule has 0 saturated carbocycles. The molecule has 3 aromatic rings. The predicted molar refractivity (Wildman–Crippen MR) is 104 cm³/mol. The van der Waals surface area contributed by atoms with Gasteiger partial charge in [-0.2, -0.15) is 0 Å². The summed E-state index contributed by atoms with van der Waals surface area (Å²) in [6.45, 7) is 0.755. The highest BCUT2D eigenvalue weighted by molar-refractivity contribution is 7.92. The molecule has 4 rings (SSSR count). The van der Waals surface area contributed by atoms with Crippen molar-refractivity contribution in [2.75, 3.05) is 17.5 Å². The third kappa shape index (κ3) is 3.53. The lowest BCUT2D eigenvalue weighted by Crippen LogP contribution is -2.31. The van der Waals surface area contributed by atoms with E-state index in [1.807, 2.05) is 18.2 Å². The number of fused-ring (bicyclic) bond motifs is 1. The fourth-order valence-electron chi connectivity index (χ4n) is 3.01. The number of halogens is 1. The second-order valence-electron chi connectivity index (χ2n) is 6.25. The van der Waals surface area contributed by atoms with Crippen molar-refractivity contribution in [2.45, 2.75) is 11.4 Å². The van der Waals surface area contributed by atoms with Gasteiger partial charge in [-0.3, -0.25) is 4.31 Å². The molecule has 1 heterocycles. The summed E-state index contributed by atoms with van der Waals surface area (Å²) in [5.41, 5.74) is 0.730. The first-order valence-electron chi connectivity index (χ1n) is 8.76. The van der Waals surface area contributed by atoms with Crippen molar-refractivity contribution in [3.63, 3.8) is 0 Å². The second kappa shape index (κ2) is 7.52. The molecule has 0 unspecified atom stereocenters. The van der Waals surface area contributed by atoms with Gasteiger partial charge in [0.2, 0.25) is 0 Å². The smallest absolute Gasteiger partial charge is 0.264 e. The quantitative estimate of drug-likeness (QED) is 0.651. The summed E-state index contributed by atoms with van der Waals surface area (Å²) in [6.07, 6.45) is 0. The van der Waals surface area contributed by atoms with Crippen molar-refractivity contribution in [3.8, 4) is 11.5 Å². The summed E-state index contributed by atoms with van der Waals surface area (Å²) < 4.78 is 53.4. The van der Waals surface area contributed by atoms with E-state index in [0.29, 0.717) is 24.7 Å². The number of ether oxygens (including phenoxy) is 2. The Bertz CT molecular complexity index is 1090. The number of nitrogens with zero attached hydrogens (tertiary/aromatic N) is 1. The summed E-state index contributed by atoms with van der Waals surface area (Å²) >= 11 is 0. The number of benzene rings is 3. The topological polar surface area (TPSA) is 55.8 Å². The highest BCUT2D eigenvalue weighted by Gasteiger charge is 2.29. The van der Waals surface area contributed by atoms with Crippen molar-refractivity contribution in [1.29, 1.82) is 0 Å². The maximum atomic E-state index is 14.5. The first-order chi connectivity index (χ1) is 13.6. The molecule has 0 atom stereocenters. The third-order valence-corrected chi connectivity index (χ3v) is 6.15. The van der Waals surface area contributed by atoms with Crippen LogP contribution in [0.2, 0.25) is 0 Å². The molecule has 0 fully saturated rings. The van der Waals surface area contributed by atoms with Crippen LogP contribution < -0.4 is 13.8 Å². The molecule has 0 aliphatic carbocycles. The Morgan fingerprint density at radius 2 is 1.54 bits per heavy atom. The van der Waals surface area contributed by atoms with Gasteiger partial charge in [-0.1, -0.05) is 42.5 Å². The maximum absolute atomic E-state index is 14.5. The number of sulfonamides is 1. The standard InChI is InChI=1S/C21H18FNO4S/c22-18-8-4-5-9-19(18)23(15-16-6-2-1-3-7-16)28(24,25)17-10-11-20-21(14-17)27-13-12-26-20/h1-11,14H,12-13,15H2. The van der Waals surface area contributed by atoms with Crippen molar-refractivity contribution in [1.82, 2.24) is 0 Å². The third-order valence-electron chi connectivity index (χ3n) is 4.39. The van der Waals surface area contributed by atoms with Gasteiger partial charge in [0, 0.05) is 6.07 Å². The van der Waals surface area contributed by atoms with E-state index < -0.39 is 15.8 Å². The fourth-order valence-corrected chi connectivity index (χ4v) is 4.49. The molecule has 0 saturated heterocycles. The van der Waals surface area contributed by atoms with Gasteiger partial charge < -0.3 is 9.47 Å². The zero-order chi connectivity index (χ0) is 19.6. The summed E-state index contributed by atoms with van der Waals surface area (Å²) in [5, 5.41) is 0. The first kappa shape index (κ1) is 18.3. The SMILES string of the molecule is O=S(=O)(c1ccc2c(c1)OCCO2)N(Cc1ccccc1)c1ccccc1F. The molecular formula is C21H18FNO4S. The largest absolute Gasteiger partial charge is 0.486 e. The van der Waals surface area contributed by atoms with Crippen LogP contribution in [-0.2, 0) is 16.6 Å². The fraction of sp³-hybridized carbons (Fsp3) is 0.143. The number of anilines is 1. The highest BCUT2D eigenvalue weighted by atomic mass is 32.2. The van der Waals surface area contributed by atoms with Crippen LogP contribution in [0.15, 0.2) is 77.7 Å². The molecule has 7 heteroatoms. The lowest BCUT2D eigenvalue weighted by Gasteiger charge is -2.26. The van der Waals surface area contributed by atoms with Crippen molar-refractivity contribution in [2.24, 2.45) is 0 Å². The normalized spacial score (nSPS) is 13.2. The summed E-state index contributed by atoms with van der Waals surface area (Å²) in [7, 11) is -4.05. The van der Waals surface area contributed by atoms with Gasteiger partial charge in [0.25, 0.3) is 10.0 Å². The predicted octanol–water partition coefficient (Wildman–Crippen LogP) is 3.99. The number of rotatable bonds is 5. The molecule has 0 aromatic heterocycles. The van der Waals surface area contributed by atoms with E-state index in [1.165, 1.54) is 30.3 Å². The Kier molecular flexibility index (Phi) is 4.92. The number of para-hydroxylation sites is 1. The number of hydrogen-bond acceptors (Lipinski definition) is 4. The molecule has 144 valence electrons. The Labute approximate surface area is 163 Å². The van der Waals surface area contributed by atoms with E-state index >= 15 is 0 Å². The molecule has 0 bridgehead atoms. The molecule has 1 aliphatic rings. The Balaban J connectivity index is 1.80. The van der Waals surface area contributed by atoms with Crippen LogP contribution in [0.1, 0.15) is 5.56 Å². The van der Waals surface area contributed by atoms with Crippen LogP contribution in [0, 0.1) is 5.82 Å². The molecule has 3 aromatic carbocycles. The second-order valence-corrected chi connectivity index (χ2v) is 8.12. The van der Waals surface area contributed by atoms with E-state index in [9.17, 15) is 12.8 Å². The summed E-state index contributed by atoms with van der Waals surface area (Å²) in [6, 6.07) is 19.3.